The second kappa shape index (κ2) is 4.84. The minimum absolute atomic E-state index is 0.0413. The van der Waals surface area contributed by atoms with Gasteiger partial charge in [0.25, 0.3) is 5.91 Å². The molecule has 4 aliphatic heterocycles. The van der Waals surface area contributed by atoms with Crippen LogP contribution in [0.4, 0.5) is 0 Å². The average Bonchev–Trinajstić information content (AvgIpc) is 3.17. The first-order valence-corrected chi connectivity index (χ1v) is 10.7. The molecular weight excluding hydrogens is 381 g/mol. The van der Waals surface area contributed by atoms with Gasteiger partial charge >= 0.3 is 0 Å². The van der Waals surface area contributed by atoms with Gasteiger partial charge in [0.1, 0.15) is 6.54 Å². The predicted molar refractivity (Wildman–Crippen MR) is 107 cm³/mol. The zero-order valence-electron chi connectivity index (χ0n) is 15.6. The minimum atomic E-state index is -0.195. The summed E-state index contributed by atoms with van der Waals surface area (Å²) in [5.41, 5.74) is 3.25. The second-order valence-corrected chi connectivity index (χ2v) is 10.6. The maximum Gasteiger partial charge on any atom is 0.282 e. The van der Waals surface area contributed by atoms with Gasteiger partial charge in [0, 0.05) is 53.6 Å². The van der Waals surface area contributed by atoms with Gasteiger partial charge in [0.15, 0.2) is 5.54 Å². The van der Waals surface area contributed by atoms with Gasteiger partial charge in [0.2, 0.25) is 0 Å². The third kappa shape index (κ3) is 1.83. The van der Waals surface area contributed by atoms with Crippen molar-refractivity contribution in [3.63, 3.8) is 0 Å². The van der Waals surface area contributed by atoms with Crippen LogP contribution in [0.25, 0.3) is 10.9 Å². The van der Waals surface area contributed by atoms with E-state index in [0.717, 1.165) is 49.7 Å². The summed E-state index contributed by atoms with van der Waals surface area (Å²) in [5.74, 6) is 0.730. The minimum Gasteiger partial charge on any atom is -0.358 e. The van der Waals surface area contributed by atoms with Crippen LogP contribution in [0.3, 0.4) is 0 Å². The summed E-state index contributed by atoms with van der Waals surface area (Å²) >= 11 is 12.6. The molecule has 6 heteroatoms. The highest BCUT2D eigenvalue weighted by Crippen LogP contribution is 2.54. The normalized spacial score (nSPS) is 38.4. The summed E-state index contributed by atoms with van der Waals surface area (Å²) in [7, 11) is 0. The number of hydrogen-bond donors (Lipinski definition) is 3. The van der Waals surface area contributed by atoms with Crippen molar-refractivity contribution in [2.45, 2.75) is 56.0 Å². The molecule has 2 spiro atoms. The zero-order valence-corrected chi connectivity index (χ0v) is 17.2. The maximum atomic E-state index is 13.2. The Kier molecular flexibility index (Phi) is 2.99. The summed E-state index contributed by atoms with van der Waals surface area (Å²) < 4.78 is 0. The molecule has 4 saturated heterocycles. The van der Waals surface area contributed by atoms with Gasteiger partial charge in [-0.3, -0.25) is 4.79 Å². The number of piperidine rings is 2. The van der Waals surface area contributed by atoms with Crippen LogP contribution in [-0.4, -0.2) is 35.1 Å². The van der Waals surface area contributed by atoms with Gasteiger partial charge in [-0.05, 0) is 17.7 Å². The average molecular weight is 405 g/mol. The number of nitrogens with one attached hydrogen (secondary N) is 3. The summed E-state index contributed by atoms with van der Waals surface area (Å²) in [5, 5.41) is 5.85. The number of benzene rings is 1. The fourth-order valence-electron chi connectivity index (χ4n) is 7.06. The van der Waals surface area contributed by atoms with Crippen molar-refractivity contribution < 1.29 is 9.69 Å². The van der Waals surface area contributed by atoms with Crippen molar-refractivity contribution in [1.82, 2.24) is 10.3 Å². The van der Waals surface area contributed by atoms with Crippen LogP contribution < -0.4 is 10.2 Å². The summed E-state index contributed by atoms with van der Waals surface area (Å²) in [6.45, 7) is 6.85. The van der Waals surface area contributed by atoms with E-state index in [1.165, 1.54) is 16.2 Å². The molecule has 1 amide bonds. The number of amides is 1. The Morgan fingerprint density at radius 3 is 2.81 bits per heavy atom. The number of hydrogen-bond acceptors (Lipinski definition) is 1. The van der Waals surface area contributed by atoms with Crippen LogP contribution >= 0.6 is 23.2 Å². The van der Waals surface area contributed by atoms with Crippen LogP contribution in [0.15, 0.2) is 12.1 Å². The van der Waals surface area contributed by atoms with E-state index in [0.29, 0.717) is 16.0 Å². The molecule has 1 aromatic heterocycles. The quantitative estimate of drug-likeness (QED) is 0.620. The Labute approximate surface area is 168 Å². The van der Waals surface area contributed by atoms with Gasteiger partial charge in [-0.1, -0.05) is 37.0 Å². The number of piperazine rings is 1. The summed E-state index contributed by atoms with van der Waals surface area (Å²) in [6.07, 6.45) is 4.06. The molecule has 4 fully saturated rings. The monoisotopic (exact) mass is 404 g/mol. The molecule has 5 heterocycles. The van der Waals surface area contributed by atoms with Crippen molar-refractivity contribution in [3.05, 3.63) is 33.4 Å². The molecule has 4 atom stereocenters. The van der Waals surface area contributed by atoms with E-state index in [2.05, 4.69) is 24.1 Å². The third-order valence-corrected chi connectivity index (χ3v) is 8.98. The van der Waals surface area contributed by atoms with Crippen molar-refractivity contribution in [3.8, 4) is 0 Å². The van der Waals surface area contributed by atoms with Crippen LogP contribution in [0.1, 0.15) is 44.4 Å². The fourth-order valence-corrected chi connectivity index (χ4v) is 7.39. The highest BCUT2D eigenvalue weighted by molar-refractivity contribution is 6.42. The predicted octanol–water partition coefficient (Wildman–Crippen LogP) is 2.61. The maximum absolute atomic E-state index is 13.2. The fraction of sp³-hybridized carbons (Fsp3) is 0.571. The van der Waals surface area contributed by atoms with Crippen molar-refractivity contribution in [1.29, 1.82) is 0 Å². The lowest BCUT2D eigenvalue weighted by molar-refractivity contribution is -0.944. The lowest BCUT2D eigenvalue weighted by Crippen LogP contribution is -3.26. The lowest BCUT2D eigenvalue weighted by atomic mass is 9.51. The second-order valence-electron chi connectivity index (χ2n) is 9.77. The topological polar surface area (TPSA) is 49.3 Å². The molecule has 0 radical (unpaired) electrons. The van der Waals surface area contributed by atoms with Gasteiger partial charge in [-0.25, -0.2) is 0 Å². The van der Waals surface area contributed by atoms with E-state index in [4.69, 9.17) is 23.2 Å². The molecule has 5 aliphatic rings. The standard InChI is InChI=1S/C21H23Cl2N3O/c1-19(2)16-9-21-4-3-5-26(21)10-20(16,25-18(21)27)8-12-11-6-13(22)14(23)7-15(11)24-17(12)19/h6-7,16,24H,3-5,8-10H2,1-2H3,(H,25,27)/p+1/t16-,20+,21-/m0/s1. The van der Waals surface area contributed by atoms with E-state index in [-0.39, 0.29) is 22.4 Å². The number of rotatable bonds is 0. The zero-order chi connectivity index (χ0) is 18.8. The first kappa shape index (κ1) is 16.7. The molecule has 2 bridgehead atoms. The molecule has 2 aromatic rings. The molecule has 1 unspecified atom stereocenters. The van der Waals surface area contributed by atoms with E-state index in [9.17, 15) is 4.79 Å². The highest BCUT2D eigenvalue weighted by atomic mass is 35.5. The number of quaternary nitrogens is 1. The van der Waals surface area contributed by atoms with Gasteiger partial charge < -0.3 is 15.2 Å². The number of aromatic amines is 1. The van der Waals surface area contributed by atoms with E-state index < -0.39 is 0 Å². The molecule has 142 valence electrons. The Hall–Kier alpha value is -1.23. The molecule has 0 saturated carbocycles. The Morgan fingerprint density at radius 1 is 1.22 bits per heavy atom. The first-order chi connectivity index (χ1) is 12.8. The number of H-pyrrole nitrogens is 1. The molecule has 1 aliphatic carbocycles. The van der Waals surface area contributed by atoms with Gasteiger partial charge in [-0.2, -0.15) is 0 Å². The molecular formula is C21H24Cl2N3O+. The van der Waals surface area contributed by atoms with Crippen LogP contribution in [0.5, 0.6) is 0 Å². The largest absolute Gasteiger partial charge is 0.358 e. The Morgan fingerprint density at radius 2 is 2.00 bits per heavy atom. The third-order valence-electron chi connectivity index (χ3n) is 8.26. The number of fused-ring (bicyclic) bond motifs is 4. The molecule has 1 aromatic carbocycles. The number of carbonyl (C=O) groups excluding carboxylic acids is 1. The number of halogens is 2. The number of aromatic nitrogens is 1. The summed E-state index contributed by atoms with van der Waals surface area (Å²) in [6, 6.07) is 3.93. The Bertz CT molecular complexity index is 1030. The van der Waals surface area contributed by atoms with Gasteiger partial charge in [0.05, 0.1) is 22.1 Å². The summed E-state index contributed by atoms with van der Waals surface area (Å²) in [4.78, 5) is 18.3. The van der Waals surface area contributed by atoms with Crippen molar-refractivity contribution in [2.75, 3.05) is 13.1 Å². The van der Waals surface area contributed by atoms with E-state index in [1.807, 2.05) is 12.1 Å². The van der Waals surface area contributed by atoms with E-state index in [1.54, 1.807) is 0 Å². The van der Waals surface area contributed by atoms with Gasteiger partial charge in [-0.15, -0.1) is 0 Å². The molecule has 27 heavy (non-hydrogen) atoms. The molecule has 3 N–H and O–H groups in total. The molecule has 7 rings (SSSR count). The highest BCUT2D eigenvalue weighted by Gasteiger charge is 2.71. The lowest BCUT2D eigenvalue weighted by Gasteiger charge is -2.63. The smallest absolute Gasteiger partial charge is 0.282 e. The van der Waals surface area contributed by atoms with E-state index >= 15 is 0 Å². The van der Waals surface area contributed by atoms with Crippen molar-refractivity contribution >= 4 is 40.0 Å². The molecule has 4 nitrogen and oxygen atoms in total. The Balaban J connectivity index is 1.59. The SMILES string of the molecule is CC1(C)c2[nH]c3cc(Cl)c(Cl)cc3c2C[C@@]23C[NH+]4CCC[C@]4(C[C@@H]12)C(=O)N3. The first-order valence-electron chi connectivity index (χ1n) is 9.95. The van der Waals surface area contributed by atoms with Crippen LogP contribution in [0, 0.1) is 5.92 Å². The van der Waals surface area contributed by atoms with Crippen LogP contribution in [-0.2, 0) is 16.6 Å². The van der Waals surface area contributed by atoms with Crippen LogP contribution in [0.2, 0.25) is 10.0 Å². The number of carbonyl (C=O) groups is 1. The van der Waals surface area contributed by atoms with Crippen molar-refractivity contribution in [2.24, 2.45) is 5.92 Å².